The smallest absolute Gasteiger partial charge is 0.339 e. The molecule has 0 saturated carbocycles. The summed E-state index contributed by atoms with van der Waals surface area (Å²) in [7, 11) is 0. The Bertz CT molecular complexity index is 596. The Morgan fingerprint density at radius 2 is 1.89 bits per heavy atom. The van der Waals surface area contributed by atoms with Crippen LogP contribution < -0.4 is 4.74 Å². The van der Waals surface area contributed by atoms with Crippen LogP contribution in [-0.4, -0.2) is 17.3 Å². The lowest BCUT2D eigenvalue weighted by molar-refractivity contribution is 0.0694. The fourth-order valence-electron chi connectivity index (χ4n) is 1.53. The van der Waals surface area contributed by atoms with Gasteiger partial charge in [0.25, 0.3) is 0 Å². The molecule has 0 aromatic heterocycles. The van der Waals surface area contributed by atoms with Crippen LogP contribution in [0.5, 0.6) is 11.5 Å². The Labute approximate surface area is 123 Å². The van der Waals surface area contributed by atoms with Crippen molar-refractivity contribution in [2.24, 2.45) is 0 Å². The van der Waals surface area contributed by atoms with E-state index >= 15 is 0 Å². The summed E-state index contributed by atoms with van der Waals surface area (Å²) in [5, 5.41) is 9.12. The number of hydrogen-bond acceptors (Lipinski definition) is 3. The predicted octanol–water partition coefficient (Wildman–Crippen LogP) is 4.66. The molecule has 0 aliphatic rings. The quantitative estimate of drug-likeness (QED) is 0.823. The largest absolute Gasteiger partial charge is 0.478 e. The SMILES string of the molecule is CSc1ccc(Oc2cc(Br)ccc2C(=O)O)cc1. The highest BCUT2D eigenvalue weighted by Crippen LogP contribution is 2.29. The van der Waals surface area contributed by atoms with E-state index in [0.717, 1.165) is 9.37 Å². The number of rotatable bonds is 4. The van der Waals surface area contributed by atoms with E-state index in [4.69, 9.17) is 9.84 Å². The molecular weight excluding hydrogens is 328 g/mol. The van der Waals surface area contributed by atoms with Gasteiger partial charge in [-0.25, -0.2) is 4.79 Å². The monoisotopic (exact) mass is 338 g/mol. The summed E-state index contributed by atoms with van der Waals surface area (Å²) in [5.41, 5.74) is 0.136. The van der Waals surface area contributed by atoms with E-state index in [9.17, 15) is 4.79 Å². The molecule has 2 aromatic rings. The molecule has 1 N–H and O–H groups in total. The molecule has 0 spiro atoms. The van der Waals surface area contributed by atoms with Gasteiger partial charge in [0.15, 0.2) is 0 Å². The lowest BCUT2D eigenvalue weighted by Gasteiger charge is -2.09. The number of carboxylic acids is 1. The Hall–Kier alpha value is -1.46. The van der Waals surface area contributed by atoms with Crippen molar-refractivity contribution in [3.8, 4) is 11.5 Å². The second-order valence-corrected chi connectivity index (χ2v) is 5.52. The van der Waals surface area contributed by atoms with Gasteiger partial charge in [0.2, 0.25) is 0 Å². The first-order valence-electron chi connectivity index (χ1n) is 5.45. The molecule has 98 valence electrons. The Balaban J connectivity index is 2.31. The molecule has 0 fully saturated rings. The summed E-state index contributed by atoms with van der Waals surface area (Å²) >= 11 is 4.94. The molecule has 19 heavy (non-hydrogen) atoms. The van der Waals surface area contributed by atoms with Gasteiger partial charge >= 0.3 is 5.97 Å². The molecule has 5 heteroatoms. The summed E-state index contributed by atoms with van der Waals surface area (Å²) in [6, 6.07) is 12.3. The molecular formula is C14H11BrO3S. The summed E-state index contributed by atoms with van der Waals surface area (Å²) in [6.07, 6.45) is 1.99. The first-order chi connectivity index (χ1) is 9.10. The van der Waals surface area contributed by atoms with Crippen LogP contribution in [0.15, 0.2) is 51.8 Å². The van der Waals surface area contributed by atoms with Crippen LogP contribution in [0, 0.1) is 0 Å². The van der Waals surface area contributed by atoms with Crippen LogP contribution >= 0.6 is 27.7 Å². The van der Waals surface area contributed by atoms with Gasteiger partial charge < -0.3 is 9.84 Å². The number of ether oxygens (including phenoxy) is 1. The van der Waals surface area contributed by atoms with Crippen molar-refractivity contribution >= 4 is 33.7 Å². The minimum Gasteiger partial charge on any atom is -0.478 e. The summed E-state index contributed by atoms with van der Waals surface area (Å²) in [6.45, 7) is 0. The number of aromatic carboxylic acids is 1. The fraction of sp³-hybridized carbons (Fsp3) is 0.0714. The summed E-state index contributed by atoms with van der Waals surface area (Å²) in [5.74, 6) is -0.0830. The van der Waals surface area contributed by atoms with Crippen molar-refractivity contribution in [1.29, 1.82) is 0 Å². The zero-order chi connectivity index (χ0) is 13.8. The predicted molar refractivity (Wildman–Crippen MR) is 79.4 cm³/mol. The Morgan fingerprint density at radius 3 is 2.47 bits per heavy atom. The third-order valence-corrected chi connectivity index (χ3v) is 3.70. The molecule has 0 amide bonds. The third-order valence-electron chi connectivity index (χ3n) is 2.46. The zero-order valence-corrected chi connectivity index (χ0v) is 12.5. The van der Waals surface area contributed by atoms with Crippen molar-refractivity contribution in [1.82, 2.24) is 0 Å². The molecule has 2 aromatic carbocycles. The molecule has 0 saturated heterocycles. The molecule has 0 aliphatic carbocycles. The first-order valence-corrected chi connectivity index (χ1v) is 7.46. The van der Waals surface area contributed by atoms with Gasteiger partial charge in [-0.1, -0.05) is 15.9 Å². The van der Waals surface area contributed by atoms with E-state index in [1.165, 1.54) is 6.07 Å². The maximum Gasteiger partial charge on any atom is 0.339 e. The van der Waals surface area contributed by atoms with Gasteiger partial charge in [0, 0.05) is 9.37 Å². The second-order valence-electron chi connectivity index (χ2n) is 3.72. The molecule has 0 atom stereocenters. The van der Waals surface area contributed by atoms with Crippen molar-refractivity contribution in [2.45, 2.75) is 4.90 Å². The highest BCUT2D eigenvalue weighted by molar-refractivity contribution is 9.10. The van der Waals surface area contributed by atoms with Crippen LogP contribution in [0.2, 0.25) is 0 Å². The van der Waals surface area contributed by atoms with Crippen molar-refractivity contribution in [3.05, 3.63) is 52.5 Å². The van der Waals surface area contributed by atoms with Gasteiger partial charge in [-0.15, -0.1) is 11.8 Å². The lowest BCUT2D eigenvalue weighted by Crippen LogP contribution is -1.99. The Kier molecular flexibility index (Phi) is 4.50. The highest BCUT2D eigenvalue weighted by Gasteiger charge is 2.12. The Morgan fingerprint density at radius 1 is 1.21 bits per heavy atom. The van der Waals surface area contributed by atoms with Crippen LogP contribution in [0.3, 0.4) is 0 Å². The van der Waals surface area contributed by atoms with Gasteiger partial charge in [-0.3, -0.25) is 0 Å². The lowest BCUT2D eigenvalue weighted by atomic mass is 10.2. The van der Waals surface area contributed by atoms with E-state index < -0.39 is 5.97 Å². The second kappa shape index (κ2) is 6.12. The maximum absolute atomic E-state index is 11.1. The standard InChI is InChI=1S/C14H11BrO3S/c1-19-11-5-3-10(4-6-11)18-13-8-9(15)2-7-12(13)14(16)17/h2-8H,1H3,(H,16,17). The number of thioether (sulfide) groups is 1. The normalized spacial score (nSPS) is 10.2. The molecule has 3 nitrogen and oxygen atoms in total. The minimum atomic E-state index is -1.01. The third kappa shape index (κ3) is 3.52. The molecule has 0 heterocycles. The van der Waals surface area contributed by atoms with Crippen LogP contribution in [-0.2, 0) is 0 Å². The number of halogens is 1. The molecule has 2 rings (SSSR count). The zero-order valence-electron chi connectivity index (χ0n) is 10.1. The van der Waals surface area contributed by atoms with Crippen LogP contribution in [0.1, 0.15) is 10.4 Å². The van der Waals surface area contributed by atoms with Crippen molar-refractivity contribution in [2.75, 3.05) is 6.26 Å². The molecule has 0 unspecified atom stereocenters. The fourth-order valence-corrected chi connectivity index (χ4v) is 2.28. The molecule has 0 radical (unpaired) electrons. The van der Waals surface area contributed by atoms with Gasteiger partial charge in [-0.05, 0) is 48.7 Å². The minimum absolute atomic E-state index is 0.136. The van der Waals surface area contributed by atoms with Gasteiger partial charge in [0.1, 0.15) is 17.1 Å². The average molecular weight is 339 g/mol. The average Bonchev–Trinajstić information content (AvgIpc) is 2.39. The number of benzene rings is 2. The summed E-state index contributed by atoms with van der Waals surface area (Å²) in [4.78, 5) is 12.3. The highest BCUT2D eigenvalue weighted by atomic mass is 79.9. The van der Waals surface area contributed by atoms with Crippen LogP contribution in [0.4, 0.5) is 0 Å². The number of carbonyl (C=O) groups is 1. The number of carboxylic acid groups (broad SMARTS) is 1. The molecule has 0 aliphatic heterocycles. The van der Waals surface area contributed by atoms with E-state index in [1.54, 1.807) is 23.9 Å². The summed E-state index contributed by atoms with van der Waals surface area (Å²) < 4.78 is 6.40. The van der Waals surface area contributed by atoms with E-state index in [1.807, 2.05) is 30.5 Å². The van der Waals surface area contributed by atoms with Crippen molar-refractivity contribution < 1.29 is 14.6 Å². The number of hydrogen-bond donors (Lipinski definition) is 1. The van der Waals surface area contributed by atoms with E-state index in [-0.39, 0.29) is 5.56 Å². The first kappa shape index (κ1) is 14.0. The van der Waals surface area contributed by atoms with Gasteiger partial charge in [0.05, 0.1) is 0 Å². The molecule has 0 bridgehead atoms. The maximum atomic E-state index is 11.1. The van der Waals surface area contributed by atoms with E-state index in [2.05, 4.69) is 15.9 Å². The van der Waals surface area contributed by atoms with Gasteiger partial charge in [-0.2, -0.15) is 0 Å². The topological polar surface area (TPSA) is 46.5 Å². The van der Waals surface area contributed by atoms with Crippen molar-refractivity contribution in [3.63, 3.8) is 0 Å². The van der Waals surface area contributed by atoms with E-state index in [0.29, 0.717) is 11.5 Å². The van der Waals surface area contributed by atoms with Crippen LogP contribution in [0.25, 0.3) is 0 Å².